The molecule has 5 heteroatoms. The molecule has 1 unspecified atom stereocenters. The first kappa shape index (κ1) is 13.7. The van der Waals surface area contributed by atoms with Crippen molar-refractivity contribution in [3.05, 3.63) is 40.3 Å². The van der Waals surface area contributed by atoms with Gasteiger partial charge in [-0.3, -0.25) is 0 Å². The molecule has 1 aromatic rings. The van der Waals surface area contributed by atoms with E-state index in [2.05, 4.69) is 5.18 Å². The second-order valence-corrected chi connectivity index (χ2v) is 3.95. The number of nitrogens with zero attached hydrogens (tertiary/aromatic N) is 1. The molecule has 0 aliphatic rings. The van der Waals surface area contributed by atoms with Crippen molar-refractivity contribution in [3.8, 4) is 0 Å². The molecule has 1 atom stereocenters. The number of nitroso groups, excluding NO2 is 1. The zero-order valence-electron chi connectivity index (χ0n) is 9.50. The van der Waals surface area contributed by atoms with E-state index in [-0.39, 0.29) is 6.04 Å². The van der Waals surface area contributed by atoms with Gasteiger partial charge < -0.3 is 0 Å². The lowest BCUT2D eigenvalue weighted by atomic mass is 10.0. The van der Waals surface area contributed by atoms with E-state index in [0.29, 0.717) is 18.4 Å². The van der Waals surface area contributed by atoms with E-state index in [1.54, 1.807) is 0 Å². The Morgan fingerprint density at radius 3 is 2.24 bits per heavy atom. The average molecular weight is 245 g/mol. The van der Waals surface area contributed by atoms with Crippen molar-refractivity contribution in [2.75, 3.05) is 0 Å². The van der Waals surface area contributed by atoms with Crippen LogP contribution in [0.15, 0.2) is 29.4 Å². The lowest BCUT2D eigenvalue weighted by Crippen LogP contribution is -2.08. The molecule has 0 saturated carbocycles. The Kier molecular flexibility index (Phi) is 4.66. The molecular weight excluding hydrogens is 231 g/mol. The SMILES string of the molecule is CCCC(Cc1ccc(C(F)(F)F)cc1)N=O. The average Bonchev–Trinajstić information content (AvgIpc) is 2.28. The molecule has 2 nitrogen and oxygen atoms in total. The van der Waals surface area contributed by atoms with Gasteiger partial charge in [-0.15, -0.1) is 0 Å². The fraction of sp³-hybridized carbons (Fsp3) is 0.500. The summed E-state index contributed by atoms with van der Waals surface area (Å²) < 4.78 is 36.9. The molecular formula is C12H14F3NO. The fourth-order valence-corrected chi connectivity index (χ4v) is 1.63. The molecule has 0 saturated heterocycles. The van der Waals surface area contributed by atoms with Gasteiger partial charge in [0.15, 0.2) is 0 Å². The Bertz CT molecular complexity index is 359. The highest BCUT2D eigenvalue weighted by Gasteiger charge is 2.29. The van der Waals surface area contributed by atoms with Gasteiger partial charge in [0, 0.05) is 0 Å². The number of benzene rings is 1. The fourth-order valence-electron chi connectivity index (χ4n) is 1.63. The lowest BCUT2D eigenvalue weighted by Gasteiger charge is -2.10. The third kappa shape index (κ3) is 4.17. The van der Waals surface area contributed by atoms with Gasteiger partial charge in [0.05, 0.1) is 11.6 Å². The van der Waals surface area contributed by atoms with Gasteiger partial charge in [0.1, 0.15) is 0 Å². The lowest BCUT2D eigenvalue weighted by molar-refractivity contribution is -0.137. The van der Waals surface area contributed by atoms with Gasteiger partial charge in [-0.25, -0.2) is 0 Å². The van der Waals surface area contributed by atoms with Crippen LogP contribution < -0.4 is 0 Å². The zero-order chi connectivity index (χ0) is 12.9. The standard InChI is InChI=1S/C12H14F3NO/c1-2-3-11(16-17)8-9-4-6-10(7-5-9)12(13,14)15/h4-7,11H,2-3,8H2,1H3. The van der Waals surface area contributed by atoms with Crippen LogP contribution in [-0.4, -0.2) is 6.04 Å². The maximum Gasteiger partial charge on any atom is 0.416 e. The van der Waals surface area contributed by atoms with Crippen LogP contribution in [0.1, 0.15) is 30.9 Å². The van der Waals surface area contributed by atoms with Gasteiger partial charge in [0.25, 0.3) is 0 Å². The molecule has 0 amide bonds. The van der Waals surface area contributed by atoms with Crippen molar-refractivity contribution in [2.45, 2.75) is 38.4 Å². The Morgan fingerprint density at radius 1 is 1.24 bits per heavy atom. The molecule has 0 spiro atoms. The first-order valence-corrected chi connectivity index (χ1v) is 5.46. The first-order chi connectivity index (χ1) is 7.97. The van der Waals surface area contributed by atoms with Gasteiger partial charge in [-0.2, -0.15) is 18.1 Å². The van der Waals surface area contributed by atoms with Gasteiger partial charge in [-0.05, 0) is 30.5 Å². The monoisotopic (exact) mass is 245 g/mol. The van der Waals surface area contributed by atoms with Crippen molar-refractivity contribution in [3.63, 3.8) is 0 Å². The Morgan fingerprint density at radius 2 is 1.82 bits per heavy atom. The summed E-state index contributed by atoms with van der Waals surface area (Å²) in [4.78, 5) is 10.5. The van der Waals surface area contributed by atoms with Crippen LogP contribution in [0.4, 0.5) is 13.2 Å². The van der Waals surface area contributed by atoms with Crippen LogP contribution in [0.3, 0.4) is 0 Å². The maximum atomic E-state index is 12.3. The second-order valence-electron chi connectivity index (χ2n) is 3.95. The summed E-state index contributed by atoms with van der Waals surface area (Å²) in [5, 5.41) is 2.97. The molecule has 1 aromatic carbocycles. The molecule has 0 aliphatic carbocycles. The molecule has 0 N–H and O–H groups in total. The third-order valence-electron chi connectivity index (χ3n) is 2.52. The van der Waals surface area contributed by atoms with Gasteiger partial charge in [0.2, 0.25) is 0 Å². The minimum absolute atomic E-state index is 0.350. The van der Waals surface area contributed by atoms with E-state index in [1.165, 1.54) is 12.1 Å². The summed E-state index contributed by atoms with van der Waals surface area (Å²) in [6.07, 6.45) is -2.43. The molecule has 1 rings (SSSR count). The van der Waals surface area contributed by atoms with Crippen LogP contribution in [0.25, 0.3) is 0 Å². The summed E-state index contributed by atoms with van der Waals surface area (Å²) in [6.45, 7) is 1.94. The highest BCUT2D eigenvalue weighted by Crippen LogP contribution is 2.29. The van der Waals surface area contributed by atoms with Crippen molar-refractivity contribution >= 4 is 0 Å². The van der Waals surface area contributed by atoms with E-state index in [1.807, 2.05) is 6.92 Å². The zero-order valence-corrected chi connectivity index (χ0v) is 9.50. The topological polar surface area (TPSA) is 29.4 Å². The molecule has 17 heavy (non-hydrogen) atoms. The Hall–Kier alpha value is -1.39. The van der Waals surface area contributed by atoms with Crippen molar-refractivity contribution in [1.82, 2.24) is 0 Å². The quantitative estimate of drug-likeness (QED) is 0.715. The Labute approximate surface area is 97.8 Å². The molecule has 0 heterocycles. The van der Waals surface area contributed by atoms with E-state index in [0.717, 1.165) is 18.6 Å². The smallest absolute Gasteiger partial charge is 0.166 e. The summed E-state index contributed by atoms with van der Waals surface area (Å²) in [7, 11) is 0. The molecule has 0 aliphatic heterocycles. The van der Waals surface area contributed by atoms with Gasteiger partial charge in [-0.1, -0.05) is 30.7 Å². The molecule has 0 aromatic heterocycles. The summed E-state index contributed by atoms with van der Waals surface area (Å²) in [6, 6.07) is 4.51. The largest absolute Gasteiger partial charge is 0.416 e. The molecule has 0 bridgehead atoms. The molecule has 94 valence electrons. The molecule has 0 fully saturated rings. The number of hydrogen-bond donors (Lipinski definition) is 0. The normalized spacial score (nSPS) is 13.4. The van der Waals surface area contributed by atoms with E-state index in [9.17, 15) is 18.1 Å². The first-order valence-electron chi connectivity index (χ1n) is 5.46. The van der Waals surface area contributed by atoms with Crippen LogP contribution in [-0.2, 0) is 12.6 Å². The number of halogens is 3. The highest BCUT2D eigenvalue weighted by molar-refractivity contribution is 5.25. The highest BCUT2D eigenvalue weighted by atomic mass is 19.4. The third-order valence-corrected chi connectivity index (χ3v) is 2.52. The second kappa shape index (κ2) is 5.80. The minimum Gasteiger partial charge on any atom is -0.166 e. The van der Waals surface area contributed by atoms with Crippen LogP contribution in [0, 0.1) is 4.91 Å². The number of hydrogen-bond acceptors (Lipinski definition) is 2. The summed E-state index contributed by atoms with van der Waals surface area (Å²) in [5.74, 6) is 0. The van der Waals surface area contributed by atoms with Crippen molar-refractivity contribution in [1.29, 1.82) is 0 Å². The van der Waals surface area contributed by atoms with E-state index >= 15 is 0 Å². The maximum absolute atomic E-state index is 12.3. The van der Waals surface area contributed by atoms with Crippen LogP contribution in [0.5, 0.6) is 0 Å². The van der Waals surface area contributed by atoms with Crippen molar-refractivity contribution < 1.29 is 13.2 Å². The number of alkyl halides is 3. The van der Waals surface area contributed by atoms with E-state index < -0.39 is 11.7 Å². The predicted molar refractivity (Wildman–Crippen MR) is 59.6 cm³/mol. The predicted octanol–water partition coefficient (Wildman–Crippen LogP) is 4.18. The molecule has 0 radical (unpaired) electrons. The number of rotatable bonds is 5. The van der Waals surface area contributed by atoms with Crippen LogP contribution in [0.2, 0.25) is 0 Å². The van der Waals surface area contributed by atoms with Crippen molar-refractivity contribution in [2.24, 2.45) is 5.18 Å². The summed E-state index contributed by atoms with van der Waals surface area (Å²) >= 11 is 0. The Balaban J connectivity index is 2.71. The van der Waals surface area contributed by atoms with E-state index in [4.69, 9.17) is 0 Å². The van der Waals surface area contributed by atoms with Crippen LogP contribution >= 0.6 is 0 Å². The summed E-state index contributed by atoms with van der Waals surface area (Å²) in [5.41, 5.74) is 0.0309. The van der Waals surface area contributed by atoms with Gasteiger partial charge >= 0.3 is 6.18 Å². The minimum atomic E-state index is -4.32.